The number of hydrogen-bond donors (Lipinski definition) is 1. The predicted molar refractivity (Wildman–Crippen MR) is 74.8 cm³/mol. The van der Waals surface area contributed by atoms with E-state index in [9.17, 15) is 5.11 Å². The minimum absolute atomic E-state index is 0.522. The lowest BCUT2D eigenvalue weighted by Crippen LogP contribution is -2.03. The number of aliphatic hydroxyl groups is 1. The van der Waals surface area contributed by atoms with E-state index in [1.165, 1.54) is 6.26 Å². The second kappa shape index (κ2) is 5.67. The first-order chi connectivity index (χ1) is 9.08. The van der Waals surface area contributed by atoms with E-state index < -0.39 is 6.10 Å². The van der Waals surface area contributed by atoms with Crippen LogP contribution >= 0.6 is 15.9 Å². The monoisotopic (exact) mass is 326 g/mol. The van der Waals surface area contributed by atoms with Crippen molar-refractivity contribution >= 4 is 15.9 Å². The van der Waals surface area contributed by atoms with Gasteiger partial charge in [-0.2, -0.15) is 0 Å². The van der Waals surface area contributed by atoms with E-state index in [0.29, 0.717) is 21.7 Å². The van der Waals surface area contributed by atoms with E-state index in [0.717, 1.165) is 11.1 Å². The minimum Gasteiger partial charge on any atom is -0.493 e. The third-order valence-electron chi connectivity index (χ3n) is 3.01. The van der Waals surface area contributed by atoms with Crippen molar-refractivity contribution in [2.75, 3.05) is 14.2 Å². The van der Waals surface area contributed by atoms with Gasteiger partial charge in [0.25, 0.3) is 0 Å². The summed E-state index contributed by atoms with van der Waals surface area (Å²) in [5.74, 6) is 1.23. The van der Waals surface area contributed by atoms with Crippen LogP contribution in [-0.4, -0.2) is 19.3 Å². The zero-order chi connectivity index (χ0) is 14.0. The normalized spacial score (nSPS) is 12.3. The highest BCUT2D eigenvalue weighted by Gasteiger charge is 2.20. The molecule has 5 heteroatoms. The Morgan fingerprint density at radius 2 is 1.79 bits per heavy atom. The molecule has 102 valence electrons. The number of benzene rings is 1. The van der Waals surface area contributed by atoms with Gasteiger partial charge < -0.3 is 19.0 Å². The number of aliphatic hydroxyl groups excluding tert-OH is 1. The van der Waals surface area contributed by atoms with Gasteiger partial charge in [0.15, 0.2) is 16.2 Å². The zero-order valence-corrected chi connectivity index (χ0v) is 12.5. The summed E-state index contributed by atoms with van der Waals surface area (Å²) in [6.45, 7) is 1.91. The van der Waals surface area contributed by atoms with Crippen LogP contribution < -0.4 is 9.47 Å². The maximum atomic E-state index is 10.4. The quantitative estimate of drug-likeness (QED) is 0.934. The number of hydrogen-bond acceptors (Lipinski definition) is 4. The molecule has 0 aliphatic heterocycles. The molecule has 1 atom stereocenters. The molecule has 0 radical (unpaired) electrons. The number of rotatable bonds is 4. The number of furan rings is 1. The first kappa shape index (κ1) is 14.0. The van der Waals surface area contributed by atoms with Crippen molar-refractivity contribution in [3.63, 3.8) is 0 Å². The second-order valence-corrected chi connectivity index (χ2v) is 4.84. The Morgan fingerprint density at radius 1 is 1.16 bits per heavy atom. The molecule has 1 aromatic carbocycles. The molecule has 0 bridgehead atoms. The summed E-state index contributed by atoms with van der Waals surface area (Å²) in [7, 11) is 3.15. The van der Waals surface area contributed by atoms with Crippen molar-refractivity contribution in [3.05, 3.63) is 45.8 Å². The van der Waals surface area contributed by atoms with Gasteiger partial charge >= 0.3 is 0 Å². The molecule has 1 aromatic heterocycles. The predicted octanol–water partition coefficient (Wildman–Crippen LogP) is 3.45. The van der Waals surface area contributed by atoms with Crippen LogP contribution in [0.3, 0.4) is 0 Å². The molecule has 0 aliphatic carbocycles. The van der Waals surface area contributed by atoms with Crippen LogP contribution in [0.5, 0.6) is 11.5 Å². The SMILES string of the molecule is COc1cc(C)c(C(O)c2ccoc2Br)cc1OC. The molecular formula is C14H15BrO4. The maximum Gasteiger partial charge on any atom is 0.175 e. The average Bonchev–Trinajstić information content (AvgIpc) is 2.83. The van der Waals surface area contributed by atoms with E-state index in [-0.39, 0.29) is 0 Å². The number of ether oxygens (including phenoxy) is 2. The lowest BCUT2D eigenvalue weighted by atomic mass is 9.98. The molecule has 0 aliphatic rings. The van der Waals surface area contributed by atoms with E-state index in [1.807, 2.05) is 13.0 Å². The molecule has 0 saturated carbocycles. The maximum absolute atomic E-state index is 10.4. The summed E-state index contributed by atoms with van der Waals surface area (Å²) in [6.07, 6.45) is 0.742. The molecule has 0 fully saturated rings. The summed E-state index contributed by atoms with van der Waals surface area (Å²) in [6, 6.07) is 5.34. The van der Waals surface area contributed by atoms with Gasteiger partial charge in [0, 0.05) is 5.56 Å². The lowest BCUT2D eigenvalue weighted by molar-refractivity contribution is 0.216. The largest absolute Gasteiger partial charge is 0.493 e. The first-order valence-electron chi connectivity index (χ1n) is 5.72. The highest BCUT2D eigenvalue weighted by Crippen LogP contribution is 2.37. The van der Waals surface area contributed by atoms with Gasteiger partial charge in [-0.1, -0.05) is 0 Å². The summed E-state index contributed by atoms with van der Waals surface area (Å²) in [5.41, 5.74) is 2.34. The molecule has 0 saturated heterocycles. The van der Waals surface area contributed by atoms with Crippen LogP contribution in [0.2, 0.25) is 0 Å². The van der Waals surface area contributed by atoms with Crippen molar-refractivity contribution < 1.29 is 19.0 Å². The Hall–Kier alpha value is -1.46. The van der Waals surface area contributed by atoms with Crippen LogP contribution in [0.1, 0.15) is 22.8 Å². The summed E-state index contributed by atoms with van der Waals surface area (Å²) in [5, 5.41) is 10.4. The lowest BCUT2D eigenvalue weighted by Gasteiger charge is -2.16. The fourth-order valence-electron chi connectivity index (χ4n) is 1.96. The summed E-state index contributed by atoms with van der Waals surface area (Å²) in [4.78, 5) is 0. The Labute approximate surface area is 120 Å². The Kier molecular flexibility index (Phi) is 4.17. The van der Waals surface area contributed by atoms with Crippen LogP contribution in [0, 0.1) is 6.92 Å². The minimum atomic E-state index is -0.784. The summed E-state index contributed by atoms with van der Waals surface area (Å²) >= 11 is 3.27. The third-order valence-corrected chi connectivity index (χ3v) is 3.65. The van der Waals surface area contributed by atoms with E-state index in [1.54, 1.807) is 26.4 Å². The highest BCUT2D eigenvalue weighted by atomic mass is 79.9. The van der Waals surface area contributed by atoms with Gasteiger partial charge in [-0.15, -0.1) is 0 Å². The molecule has 19 heavy (non-hydrogen) atoms. The van der Waals surface area contributed by atoms with Crippen molar-refractivity contribution in [3.8, 4) is 11.5 Å². The van der Waals surface area contributed by atoms with E-state index >= 15 is 0 Å². The zero-order valence-electron chi connectivity index (χ0n) is 10.9. The van der Waals surface area contributed by atoms with Gasteiger partial charge in [0.1, 0.15) is 6.10 Å². The van der Waals surface area contributed by atoms with Crippen molar-refractivity contribution in [1.29, 1.82) is 0 Å². The molecule has 2 rings (SSSR count). The molecule has 1 N–H and O–H groups in total. The van der Waals surface area contributed by atoms with Gasteiger partial charge in [-0.05, 0) is 52.2 Å². The van der Waals surface area contributed by atoms with Crippen LogP contribution in [0.15, 0.2) is 33.5 Å². The van der Waals surface area contributed by atoms with Gasteiger partial charge in [0.05, 0.1) is 20.5 Å². The summed E-state index contributed by atoms with van der Waals surface area (Å²) < 4.78 is 16.2. The van der Waals surface area contributed by atoms with Gasteiger partial charge in [-0.25, -0.2) is 0 Å². The number of methoxy groups -OCH3 is 2. The van der Waals surface area contributed by atoms with E-state index in [2.05, 4.69) is 15.9 Å². The smallest absolute Gasteiger partial charge is 0.175 e. The topological polar surface area (TPSA) is 51.8 Å². The molecule has 4 nitrogen and oxygen atoms in total. The van der Waals surface area contributed by atoms with Gasteiger partial charge in [0.2, 0.25) is 0 Å². The molecule has 1 heterocycles. The molecular weight excluding hydrogens is 312 g/mol. The fraction of sp³-hybridized carbons (Fsp3) is 0.286. The number of aryl methyl sites for hydroxylation is 1. The highest BCUT2D eigenvalue weighted by molar-refractivity contribution is 9.10. The fourth-order valence-corrected chi connectivity index (χ4v) is 2.41. The van der Waals surface area contributed by atoms with Gasteiger partial charge in [-0.3, -0.25) is 0 Å². The molecule has 0 amide bonds. The van der Waals surface area contributed by atoms with Crippen LogP contribution in [-0.2, 0) is 0 Å². The Bertz CT molecular complexity index is 577. The number of halogens is 1. The average molecular weight is 327 g/mol. The Morgan fingerprint density at radius 3 is 2.32 bits per heavy atom. The van der Waals surface area contributed by atoms with Crippen molar-refractivity contribution in [2.45, 2.75) is 13.0 Å². The molecule has 2 aromatic rings. The third kappa shape index (κ3) is 2.62. The first-order valence-corrected chi connectivity index (χ1v) is 6.51. The second-order valence-electron chi connectivity index (χ2n) is 4.12. The standard InChI is InChI=1S/C14H15BrO4/c1-8-6-11(17-2)12(18-3)7-10(8)13(16)9-4-5-19-14(9)15/h4-7,13,16H,1-3H3. The molecule has 0 spiro atoms. The van der Waals surface area contributed by atoms with Crippen LogP contribution in [0.25, 0.3) is 0 Å². The van der Waals surface area contributed by atoms with Crippen molar-refractivity contribution in [2.24, 2.45) is 0 Å². The van der Waals surface area contributed by atoms with Crippen LogP contribution in [0.4, 0.5) is 0 Å². The van der Waals surface area contributed by atoms with Crippen molar-refractivity contribution in [1.82, 2.24) is 0 Å². The Balaban J connectivity index is 2.48. The van der Waals surface area contributed by atoms with E-state index in [4.69, 9.17) is 13.9 Å². The molecule has 1 unspecified atom stereocenters.